The molecule has 0 aromatic carbocycles. The quantitative estimate of drug-likeness (QED) is 0.872. The van der Waals surface area contributed by atoms with E-state index in [2.05, 4.69) is 10.2 Å². The van der Waals surface area contributed by atoms with Gasteiger partial charge in [0.25, 0.3) is 0 Å². The molecule has 0 atom stereocenters. The molecule has 0 saturated carbocycles. The minimum absolute atomic E-state index is 0.449. The van der Waals surface area contributed by atoms with Crippen LogP contribution in [0.25, 0.3) is 0 Å². The summed E-state index contributed by atoms with van der Waals surface area (Å²) in [6.07, 6.45) is -2.37. The molecule has 4 nitrogen and oxygen atoms in total. The third-order valence-corrected chi connectivity index (χ3v) is 3.53. The fourth-order valence-electron chi connectivity index (χ4n) is 2.45. The molecule has 0 bridgehead atoms. The zero-order chi connectivity index (χ0) is 15.3. The van der Waals surface area contributed by atoms with E-state index in [-0.39, 0.29) is 0 Å². The normalized spacial score (nSPS) is 18.3. The Morgan fingerprint density at radius 2 is 1.86 bits per heavy atom. The van der Waals surface area contributed by atoms with E-state index in [1.807, 2.05) is 13.0 Å². The summed E-state index contributed by atoms with van der Waals surface area (Å²) in [5.74, 6) is 0.868. The Hall–Kier alpha value is -1.05. The summed E-state index contributed by atoms with van der Waals surface area (Å²) < 4.78 is 42.4. The molecule has 0 amide bonds. The predicted molar refractivity (Wildman–Crippen MR) is 73.9 cm³/mol. The second-order valence-corrected chi connectivity index (χ2v) is 5.37. The summed E-state index contributed by atoms with van der Waals surface area (Å²) >= 11 is 0. The van der Waals surface area contributed by atoms with Gasteiger partial charge in [-0.3, -0.25) is 9.80 Å². The average molecular weight is 305 g/mol. The Balaban J connectivity index is 1.74. The first-order valence-corrected chi connectivity index (χ1v) is 7.25. The van der Waals surface area contributed by atoms with Crippen LogP contribution in [0, 0.1) is 0 Å². The van der Waals surface area contributed by atoms with Crippen molar-refractivity contribution in [2.24, 2.45) is 0 Å². The number of rotatable bonds is 6. The highest BCUT2D eigenvalue weighted by Gasteiger charge is 2.32. The molecule has 1 aliphatic rings. The smallest absolute Gasteiger partial charge is 0.401 e. The third-order valence-electron chi connectivity index (χ3n) is 3.53. The number of nitrogens with zero attached hydrogens (tertiary/aromatic N) is 2. The van der Waals surface area contributed by atoms with E-state index < -0.39 is 12.7 Å². The van der Waals surface area contributed by atoms with E-state index in [0.717, 1.165) is 24.4 Å². The van der Waals surface area contributed by atoms with Gasteiger partial charge in [0.15, 0.2) is 0 Å². The van der Waals surface area contributed by atoms with Crippen molar-refractivity contribution >= 4 is 0 Å². The van der Waals surface area contributed by atoms with Crippen LogP contribution in [0.3, 0.4) is 0 Å². The summed E-state index contributed by atoms with van der Waals surface area (Å²) in [4.78, 5) is 3.58. The molecule has 1 aromatic heterocycles. The van der Waals surface area contributed by atoms with Crippen molar-refractivity contribution in [3.8, 4) is 0 Å². The Morgan fingerprint density at radius 3 is 2.48 bits per heavy atom. The lowest BCUT2D eigenvalue weighted by molar-refractivity contribution is -0.149. The molecule has 7 heteroatoms. The van der Waals surface area contributed by atoms with E-state index in [0.29, 0.717) is 32.7 Å². The number of alkyl halides is 3. The van der Waals surface area contributed by atoms with Gasteiger partial charge < -0.3 is 9.73 Å². The van der Waals surface area contributed by atoms with Crippen molar-refractivity contribution in [2.45, 2.75) is 26.2 Å². The summed E-state index contributed by atoms with van der Waals surface area (Å²) in [5.41, 5.74) is 1.10. The Morgan fingerprint density at radius 1 is 1.19 bits per heavy atom. The summed E-state index contributed by atoms with van der Waals surface area (Å²) in [5, 5.41) is 3.22. The molecular formula is C14H22F3N3O. The number of piperazine rings is 1. The van der Waals surface area contributed by atoms with E-state index in [1.54, 1.807) is 6.26 Å². The molecule has 0 radical (unpaired) electrons. The lowest BCUT2D eigenvalue weighted by Gasteiger charge is -2.34. The van der Waals surface area contributed by atoms with Crippen molar-refractivity contribution in [3.05, 3.63) is 23.7 Å². The lowest BCUT2D eigenvalue weighted by Crippen LogP contribution is -2.48. The SMILES string of the molecule is CCNCc1coc(CN2CCN(CC(F)(F)F)CC2)c1. The maximum absolute atomic E-state index is 12.3. The molecule has 1 aromatic rings. The fraction of sp³-hybridized carbons (Fsp3) is 0.714. The van der Waals surface area contributed by atoms with Crippen LogP contribution in [0.1, 0.15) is 18.2 Å². The van der Waals surface area contributed by atoms with Gasteiger partial charge in [-0.2, -0.15) is 13.2 Å². The summed E-state index contributed by atoms with van der Waals surface area (Å²) in [6.45, 7) is 5.75. The summed E-state index contributed by atoms with van der Waals surface area (Å²) in [7, 11) is 0. The van der Waals surface area contributed by atoms with Gasteiger partial charge in [0.1, 0.15) is 5.76 Å². The van der Waals surface area contributed by atoms with Crippen molar-refractivity contribution in [1.82, 2.24) is 15.1 Å². The number of halogens is 3. The molecule has 0 aliphatic carbocycles. The van der Waals surface area contributed by atoms with Gasteiger partial charge in [0.2, 0.25) is 0 Å². The van der Waals surface area contributed by atoms with Crippen molar-refractivity contribution in [2.75, 3.05) is 39.3 Å². The molecule has 1 fully saturated rings. The number of nitrogens with one attached hydrogen (secondary N) is 1. The van der Waals surface area contributed by atoms with Crippen molar-refractivity contribution in [1.29, 1.82) is 0 Å². The molecular weight excluding hydrogens is 283 g/mol. The minimum atomic E-state index is -4.11. The van der Waals surface area contributed by atoms with Gasteiger partial charge in [-0.15, -0.1) is 0 Å². The van der Waals surface area contributed by atoms with Gasteiger partial charge in [-0.25, -0.2) is 0 Å². The predicted octanol–water partition coefficient (Wildman–Crippen LogP) is 2.07. The van der Waals surface area contributed by atoms with Crippen LogP contribution >= 0.6 is 0 Å². The molecule has 21 heavy (non-hydrogen) atoms. The second kappa shape index (κ2) is 7.29. The standard InChI is InChI=1S/C14H22F3N3O/c1-2-18-8-12-7-13(21-10-12)9-19-3-5-20(6-4-19)11-14(15,16)17/h7,10,18H,2-6,8-9,11H2,1H3. The van der Waals surface area contributed by atoms with E-state index in [1.165, 1.54) is 4.90 Å². The van der Waals surface area contributed by atoms with Gasteiger partial charge in [-0.05, 0) is 12.6 Å². The van der Waals surface area contributed by atoms with E-state index in [9.17, 15) is 13.2 Å². The zero-order valence-corrected chi connectivity index (χ0v) is 12.2. The molecule has 1 N–H and O–H groups in total. The second-order valence-electron chi connectivity index (χ2n) is 5.37. The molecule has 0 unspecified atom stereocenters. The highest BCUT2D eigenvalue weighted by molar-refractivity contribution is 5.12. The monoisotopic (exact) mass is 305 g/mol. The maximum atomic E-state index is 12.3. The Kier molecular flexibility index (Phi) is 5.66. The largest absolute Gasteiger partial charge is 0.468 e. The lowest BCUT2D eigenvalue weighted by atomic mass is 10.2. The number of hydrogen-bond donors (Lipinski definition) is 1. The first-order valence-electron chi connectivity index (χ1n) is 7.25. The fourth-order valence-corrected chi connectivity index (χ4v) is 2.45. The highest BCUT2D eigenvalue weighted by Crippen LogP contribution is 2.18. The van der Waals surface area contributed by atoms with E-state index in [4.69, 9.17) is 4.42 Å². The van der Waals surface area contributed by atoms with Gasteiger partial charge in [-0.1, -0.05) is 6.92 Å². The molecule has 0 spiro atoms. The average Bonchev–Trinajstić information content (AvgIpc) is 2.85. The van der Waals surface area contributed by atoms with Gasteiger partial charge in [0, 0.05) is 38.3 Å². The Bertz CT molecular complexity index is 425. The molecule has 120 valence electrons. The topological polar surface area (TPSA) is 31.7 Å². The first kappa shape index (κ1) is 16.3. The molecule has 2 rings (SSSR count). The van der Waals surface area contributed by atoms with Crippen LogP contribution in [-0.2, 0) is 13.1 Å². The van der Waals surface area contributed by atoms with Crippen LogP contribution in [0.4, 0.5) is 13.2 Å². The third kappa shape index (κ3) is 5.68. The zero-order valence-electron chi connectivity index (χ0n) is 12.2. The molecule has 1 aliphatic heterocycles. The maximum Gasteiger partial charge on any atom is 0.401 e. The highest BCUT2D eigenvalue weighted by atomic mass is 19.4. The van der Waals surface area contributed by atoms with Crippen LogP contribution < -0.4 is 5.32 Å². The number of hydrogen-bond acceptors (Lipinski definition) is 4. The number of furan rings is 1. The first-order chi connectivity index (χ1) is 9.96. The van der Waals surface area contributed by atoms with Gasteiger partial charge >= 0.3 is 6.18 Å². The van der Waals surface area contributed by atoms with Crippen LogP contribution in [0.15, 0.2) is 16.7 Å². The minimum Gasteiger partial charge on any atom is -0.468 e. The van der Waals surface area contributed by atoms with Crippen LogP contribution in [0.2, 0.25) is 0 Å². The van der Waals surface area contributed by atoms with Gasteiger partial charge in [0.05, 0.1) is 19.4 Å². The van der Waals surface area contributed by atoms with E-state index >= 15 is 0 Å². The van der Waals surface area contributed by atoms with Crippen molar-refractivity contribution in [3.63, 3.8) is 0 Å². The van der Waals surface area contributed by atoms with Crippen molar-refractivity contribution < 1.29 is 17.6 Å². The van der Waals surface area contributed by atoms with Crippen LogP contribution in [0.5, 0.6) is 0 Å². The molecule has 1 saturated heterocycles. The summed E-state index contributed by atoms with van der Waals surface area (Å²) in [6, 6.07) is 2.00. The molecule has 2 heterocycles. The Labute approximate surface area is 122 Å². The van der Waals surface area contributed by atoms with Crippen LogP contribution in [-0.4, -0.2) is 55.2 Å².